The third-order valence-corrected chi connectivity index (χ3v) is 3.52. The minimum atomic E-state index is -2.64. The molecule has 7 nitrogen and oxygen atoms in total. The Balaban J connectivity index is 2.04. The molecule has 0 saturated carbocycles. The standard InChI is InChI=1S/C17H28N2O5S/c1-17(2,3)24-16(20)18-12-6-4-5-7-13-23-15-10-8-14(9-11-15)19-25(21)22/h8-11,25H,4-7,12-13H2,1-3H3,(H,18,20)(H,19,21,22). The van der Waals surface area contributed by atoms with Crippen molar-refractivity contribution in [3.8, 4) is 5.75 Å². The molecule has 1 amide bonds. The molecular formula is C17H28N2O5S. The Labute approximate surface area is 151 Å². The van der Waals surface area contributed by atoms with E-state index >= 15 is 0 Å². The first-order valence-electron chi connectivity index (χ1n) is 8.37. The Morgan fingerprint density at radius 2 is 1.68 bits per heavy atom. The number of rotatable bonds is 10. The van der Waals surface area contributed by atoms with Crippen molar-refractivity contribution >= 4 is 22.7 Å². The zero-order valence-corrected chi connectivity index (χ0v) is 15.9. The molecule has 0 spiro atoms. The monoisotopic (exact) mass is 372 g/mol. The lowest BCUT2D eigenvalue weighted by Gasteiger charge is -2.19. The second-order valence-electron chi connectivity index (χ2n) is 6.58. The summed E-state index contributed by atoms with van der Waals surface area (Å²) in [7, 11) is -2.64. The van der Waals surface area contributed by atoms with E-state index in [1.165, 1.54) is 0 Å². The number of carbonyl (C=O) groups excluding carboxylic acids is 1. The van der Waals surface area contributed by atoms with Crippen LogP contribution < -0.4 is 14.8 Å². The SMILES string of the molecule is CC(C)(C)OC(=O)NCCCCCCOc1ccc(N[SH](=O)=O)cc1. The van der Waals surface area contributed by atoms with E-state index in [0.717, 1.165) is 25.7 Å². The van der Waals surface area contributed by atoms with Gasteiger partial charge in [-0.15, -0.1) is 0 Å². The van der Waals surface area contributed by atoms with Gasteiger partial charge in [0.25, 0.3) is 0 Å². The number of ether oxygens (including phenoxy) is 2. The molecule has 0 aromatic heterocycles. The average molecular weight is 372 g/mol. The van der Waals surface area contributed by atoms with E-state index in [1.54, 1.807) is 24.3 Å². The first-order valence-corrected chi connectivity index (χ1v) is 9.55. The van der Waals surface area contributed by atoms with Crippen LogP contribution in [0.3, 0.4) is 0 Å². The number of thiol groups is 1. The molecule has 0 aliphatic rings. The smallest absolute Gasteiger partial charge is 0.407 e. The topological polar surface area (TPSA) is 93.7 Å². The minimum absolute atomic E-state index is 0.379. The fourth-order valence-corrected chi connectivity index (χ4v) is 2.37. The highest BCUT2D eigenvalue weighted by Gasteiger charge is 2.15. The molecule has 25 heavy (non-hydrogen) atoms. The van der Waals surface area contributed by atoms with Crippen molar-refractivity contribution < 1.29 is 22.7 Å². The van der Waals surface area contributed by atoms with Crippen molar-refractivity contribution in [1.82, 2.24) is 5.32 Å². The van der Waals surface area contributed by atoms with Gasteiger partial charge in [0.05, 0.1) is 6.61 Å². The van der Waals surface area contributed by atoms with Gasteiger partial charge in [-0.1, -0.05) is 12.8 Å². The minimum Gasteiger partial charge on any atom is -0.494 e. The maximum Gasteiger partial charge on any atom is 0.407 e. The molecule has 0 atom stereocenters. The Morgan fingerprint density at radius 3 is 2.28 bits per heavy atom. The molecule has 1 rings (SSSR count). The van der Waals surface area contributed by atoms with Gasteiger partial charge in [-0.3, -0.25) is 4.72 Å². The molecule has 0 unspecified atom stereocenters. The van der Waals surface area contributed by atoms with Crippen LogP contribution in [0.4, 0.5) is 10.5 Å². The van der Waals surface area contributed by atoms with E-state index in [9.17, 15) is 13.2 Å². The van der Waals surface area contributed by atoms with Crippen LogP contribution in [-0.4, -0.2) is 33.3 Å². The number of hydrogen-bond acceptors (Lipinski definition) is 5. The largest absolute Gasteiger partial charge is 0.494 e. The molecular weight excluding hydrogens is 344 g/mol. The molecule has 0 saturated heterocycles. The summed E-state index contributed by atoms with van der Waals surface area (Å²) in [5, 5.41) is 2.73. The van der Waals surface area contributed by atoms with Gasteiger partial charge in [-0.2, -0.15) is 0 Å². The van der Waals surface area contributed by atoms with Crippen LogP contribution in [0.2, 0.25) is 0 Å². The van der Waals surface area contributed by atoms with Crippen molar-refractivity contribution in [2.45, 2.75) is 52.1 Å². The third-order valence-electron chi connectivity index (χ3n) is 3.08. The molecule has 0 aliphatic heterocycles. The van der Waals surface area contributed by atoms with Crippen LogP contribution in [-0.2, 0) is 15.6 Å². The number of anilines is 1. The lowest BCUT2D eigenvalue weighted by molar-refractivity contribution is 0.0527. The number of carbonyl (C=O) groups is 1. The summed E-state index contributed by atoms with van der Waals surface area (Å²) in [6.45, 7) is 6.71. The number of nitrogens with one attached hydrogen (secondary N) is 2. The highest BCUT2D eigenvalue weighted by molar-refractivity contribution is 7.73. The number of unbranched alkanes of at least 4 members (excludes halogenated alkanes) is 3. The van der Waals surface area contributed by atoms with E-state index < -0.39 is 16.5 Å². The first-order chi connectivity index (χ1) is 11.8. The van der Waals surface area contributed by atoms with Crippen molar-refractivity contribution in [2.24, 2.45) is 0 Å². The Bertz CT molecular complexity index is 586. The van der Waals surface area contributed by atoms with Crippen molar-refractivity contribution in [1.29, 1.82) is 0 Å². The summed E-state index contributed by atoms with van der Waals surface area (Å²) < 4.78 is 34.1. The normalized spacial score (nSPS) is 11.2. The second-order valence-corrected chi connectivity index (χ2v) is 7.32. The number of hydrogen-bond donors (Lipinski definition) is 3. The van der Waals surface area contributed by atoms with Crippen LogP contribution >= 0.6 is 0 Å². The van der Waals surface area contributed by atoms with Crippen molar-refractivity contribution in [2.75, 3.05) is 17.9 Å². The summed E-state index contributed by atoms with van der Waals surface area (Å²) >= 11 is 0. The summed E-state index contributed by atoms with van der Waals surface area (Å²) in [4.78, 5) is 11.4. The predicted molar refractivity (Wildman–Crippen MR) is 98.6 cm³/mol. The van der Waals surface area contributed by atoms with Crippen LogP contribution in [0.15, 0.2) is 24.3 Å². The molecule has 8 heteroatoms. The molecule has 2 N–H and O–H groups in total. The highest BCUT2D eigenvalue weighted by Crippen LogP contribution is 2.16. The van der Waals surface area contributed by atoms with Crippen LogP contribution in [0.5, 0.6) is 5.75 Å². The van der Waals surface area contributed by atoms with Crippen molar-refractivity contribution in [3.63, 3.8) is 0 Å². The molecule has 1 aromatic carbocycles. The van der Waals surface area contributed by atoms with E-state index in [1.807, 2.05) is 20.8 Å². The van der Waals surface area contributed by atoms with Gasteiger partial charge in [-0.05, 0) is 57.9 Å². The summed E-state index contributed by atoms with van der Waals surface area (Å²) in [6.07, 6.45) is 3.44. The molecule has 1 aromatic rings. The maximum atomic E-state index is 11.4. The van der Waals surface area contributed by atoms with Crippen molar-refractivity contribution in [3.05, 3.63) is 24.3 Å². The second kappa shape index (κ2) is 10.8. The van der Waals surface area contributed by atoms with E-state index in [2.05, 4.69) is 10.0 Å². The van der Waals surface area contributed by atoms with E-state index in [-0.39, 0.29) is 6.09 Å². The zero-order chi connectivity index (χ0) is 18.7. The molecule has 0 heterocycles. The number of alkyl carbamates (subject to hydrolysis) is 1. The molecule has 0 bridgehead atoms. The molecule has 0 aliphatic carbocycles. The summed E-state index contributed by atoms with van der Waals surface area (Å²) in [5.74, 6) is 0.707. The van der Waals surface area contributed by atoms with Crippen LogP contribution in [0.25, 0.3) is 0 Å². The maximum absolute atomic E-state index is 11.4. The predicted octanol–water partition coefficient (Wildman–Crippen LogP) is 3.09. The lowest BCUT2D eigenvalue weighted by atomic mass is 10.2. The van der Waals surface area contributed by atoms with Gasteiger partial charge >= 0.3 is 6.09 Å². The zero-order valence-electron chi connectivity index (χ0n) is 15.0. The fourth-order valence-electron chi connectivity index (χ4n) is 2.01. The third kappa shape index (κ3) is 11.3. The quantitative estimate of drug-likeness (QED) is 0.433. The lowest BCUT2D eigenvalue weighted by Crippen LogP contribution is -2.32. The Morgan fingerprint density at radius 1 is 1.04 bits per heavy atom. The van der Waals surface area contributed by atoms with Gasteiger partial charge in [0, 0.05) is 12.2 Å². The van der Waals surface area contributed by atoms with Gasteiger partial charge in [0.1, 0.15) is 11.4 Å². The summed E-state index contributed by atoms with van der Waals surface area (Å²) in [6, 6.07) is 6.77. The van der Waals surface area contributed by atoms with Gasteiger partial charge in [-0.25, -0.2) is 13.2 Å². The van der Waals surface area contributed by atoms with Crippen LogP contribution in [0, 0.1) is 0 Å². The first kappa shape index (κ1) is 21.1. The van der Waals surface area contributed by atoms with Gasteiger partial charge < -0.3 is 14.8 Å². The number of amides is 1. The summed E-state index contributed by atoms with van der Waals surface area (Å²) in [5.41, 5.74) is 0.0448. The number of benzene rings is 1. The highest BCUT2D eigenvalue weighted by atomic mass is 32.2. The van der Waals surface area contributed by atoms with Gasteiger partial charge in [0.15, 0.2) is 0 Å². The van der Waals surface area contributed by atoms with Crippen LogP contribution in [0.1, 0.15) is 46.5 Å². The van der Waals surface area contributed by atoms with E-state index in [4.69, 9.17) is 9.47 Å². The fraction of sp³-hybridized carbons (Fsp3) is 0.588. The molecule has 0 radical (unpaired) electrons. The van der Waals surface area contributed by atoms with E-state index in [0.29, 0.717) is 24.6 Å². The van der Waals surface area contributed by atoms with Gasteiger partial charge in [0.2, 0.25) is 10.9 Å². The average Bonchev–Trinajstić information content (AvgIpc) is 2.49. The Kier molecular flexibility index (Phi) is 9.12. The molecule has 0 fully saturated rings. The molecule has 142 valence electrons. The Hall–Kier alpha value is -1.96.